The minimum Gasteiger partial charge on any atom is -0.368 e. The number of hydrogen-bond acceptors (Lipinski definition) is 5. The number of nitrogens with one attached hydrogen (secondary N) is 3. The van der Waals surface area contributed by atoms with E-state index in [4.69, 9.17) is 9.97 Å². The molecule has 8 heteroatoms. The molecular formula is C31H32N6O2. The lowest BCUT2D eigenvalue weighted by Crippen LogP contribution is -2.38. The highest BCUT2D eigenvalue weighted by Gasteiger charge is 2.25. The van der Waals surface area contributed by atoms with Crippen molar-refractivity contribution in [2.24, 2.45) is 5.92 Å². The van der Waals surface area contributed by atoms with E-state index >= 15 is 0 Å². The van der Waals surface area contributed by atoms with Crippen molar-refractivity contribution >= 4 is 28.7 Å². The number of hydrogen-bond donors (Lipinski definition) is 3. The Bertz CT molecular complexity index is 1500. The Morgan fingerprint density at radius 3 is 2.44 bits per heavy atom. The Hall–Kier alpha value is -4.64. The van der Waals surface area contributed by atoms with E-state index in [1.807, 2.05) is 71.6 Å². The number of benzene rings is 2. The molecule has 1 fully saturated rings. The Labute approximate surface area is 228 Å². The highest BCUT2D eigenvalue weighted by atomic mass is 16.2. The summed E-state index contributed by atoms with van der Waals surface area (Å²) in [5.41, 5.74) is 3.01. The van der Waals surface area contributed by atoms with Crippen LogP contribution in [-0.4, -0.2) is 57.8 Å². The minimum absolute atomic E-state index is 0.0349. The summed E-state index contributed by atoms with van der Waals surface area (Å²) < 4.78 is 0. The minimum atomic E-state index is -0.0869. The van der Waals surface area contributed by atoms with Crippen LogP contribution in [0.15, 0.2) is 66.7 Å². The summed E-state index contributed by atoms with van der Waals surface area (Å²) in [4.78, 5) is 39.3. The summed E-state index contributed by atoms with van der Waals surface area (Å²) in [5.74, 6) is 8.10. The fourth-order valence-corrected chi connectivity index (χ4v) is 4.72. The molecule has 1 saturated heterocycles. The summed E-state index contributed by atoms with van der Waals surface area (Å²) in [6.07, 6.45) is 2.71. The number of piperidine rings is 1. The molecule has 3 N–H and O–H groups in total. The van der Waals surface area contributed by atoms with Crippen LogP contribution in [0.1, 0.15) is 42.2 Å². The molecule has 8 nitrogen and oxygen atoms in total. The van der Waals surface area contributed by atoms with Crippen LogP contribution < -0.4 is 10.6 Å². The predicted molar refractivity (Wildman–Crippen MR) is 153 cm³/mol. The number of rotatable bonds is 7. The van der Waals surface area contributed by atoms with Crippen LogP contribution in [0.25, 0.3) is 22.4 Å². The first-order chi connectivity index (χ1) is 19.1. The molecular weight excluding hydrogens is 488 g/mol. The SMILES string of the molecule is CC(=O)NCCNc1nc(-c2ccccc2)nc2[nH]c(C(=O)N3CCC(CC#Cc4ccccc4)CC3)cc12. The van der Waals surface area contributed by atoms with Crippen molar-refractivity contribution in [1.29, 1.82) is 0 Å². The summed E-state index contributed by atoms with van der Waals surface area (Å²) >= 11 is 0. The molecule has 0 saturated carbocycles. The molecule has 1 aliphatic heterocycles. The van der Waals surface area contributed by atoms with E-state index in [0.29, 0.717) is 55.1 Å². The molecule has 0 bridgehead atoms. The number of carbonyl (C=O) groups excluding carboxylic acids is 2. The first kappa shape index (κ1) is 26.0. The molecule has 39 heavy (non-hydrogen) atoms. The normalized spacial score (nSPS) is 13.5. The van der Waals surface area contributed by atoms with Gasteiger partial charge in [0.15, 0.2) is 5.82 Å². The number of H-pyrrole nitrogens is 1. The average Bonchev–Trinajstić information content (AvgIpc) is 3.41. The molecule has 5 rings (SSSR count). The van der Waals surface area contributed by atoms with Gasteiger partial charge in [0.1, 0.15) is 17.2 Å². The van der Waals surface area contributed by atoms with Gasteiger partial charge in [-0.2, -0.15) is 0 Å². The maximum atomic E-state index is 13.4. The van der Waals surface area contributed by atoms with Gasteiger partial charge < -0.3 is 20.5 Å². The summed E-state index contributed by atoms with van der Waals surface area (Å²) in [7, 11) is 0. The fraction of sp³-hybridized carbons (Fsp3) is 0.290. The van der Waals surface area contributed by atoms with Crippen molar-refractivity contribution < 1.29 is 9.59 Å². The highest BCUT2D eigenvalue weighted by molar-refractivity contribution is 6.00. The summed E-state index contributed by atoms with van der Waals surface area (Å²) in [5, 5.41) is 6.82. The number of anilines is 1. The van der Waals surface area contributed by atoms with E-state index in [9.17, 15) is 9.59 Å². The topological polar surface area (TPSA) is 103 Å². The Morgan fingerprint density at radius 1 is 1.00 bits per heavy atom. The standard InChI is InChI=1S/C31H32N6O2/c1-22(38)32-17-18-33-29-26-21-27(34-30(26)36-28(35-29)25-13-6-3-7-14-25)31(39)37-19-15-24(16-20-37)12-8-11-23-9-4-2-5-10-23/h2-7,9-10,13-14,21,24H,12,15-20H2,1H3,(H,32,38)(H2,33,34,35,36). The van der Waals surface area contributed by atoms with Gasteiger partial charge in [0.25, 0.3) is 5.91 Å². The number of carbonyl (C=O) groups is 2. The van der Waals surface area contributed by atoms with Gasteiger partial charge in [-0.3, -0.25) is 9.59 Å². The van der Waals surface area contributed by atoms with Crippen LogP contribution in [0.2, 0.25) is 0 Å². The molecule has 2 aromatic carbocycles. The van der Waals surface area contributed by atoms with Crippen LogP contribution in [0.5, 0.6) is 0 Å². The van der Waals surface area contributed by atoms with Gasteiger partial charge in [0.05, 0.1) is 5.39 Å². The van der Waals surface area contributed by atoms with E-state index < -0.39 is 0 Å². The van der Waals surface area contributed by atoms with Crippen molar-refractivity contribution in [1.82, 2.24) is 25.2 Å². The smallest absolute Gasteiger partial charge is 0.270 e. The van der Waals surface area contributed by atoms with Crippen LogP contribution >= 0.6 is 0 Å². The lowest BCUT2D eigenvalue weighted by Gasteiger charge is -2.31. The number of nitrogens with zero attached hydrogens (tertiary/aromatic N) is 3. The lowest BCUT2D eigenvalue weighted by atomic mass is 9.93. The van der Waals surface area contributed by atoms with Gasteiger partial charge in [-0.15, -0.1) is 0 Å². The third-order valence-corrected chi connectivity index (χ3v) is 6.84. The highest BCUT2D eigenvalue weighted by Crippen LogP contribution is 2.27. The summed E-state index contributed by atoms with van der Waals surface area (Å²) in [6, 6.07) is 21.6. The van der Waals surface area contributed by atoms with Crippen molar-refractivity contribution in [3.63, 3.8) is 0 Å². The van der Waals surface area contributed by atoms with E-state index in [2.05, 4.69) is 27.5 Å². The first-order valence-corrected chi connectivity index (χ1v) is 13.3. The van der Waals surface area contributed by atoms with Crippen LogP contribution in [-0.2, 0) is 4.79 Å². The average molecular weight is 521 g/mol. The molecule has 4 aromatic rings. The Morgan fingerprint density at radius 2 is 1.72 bits per heavy atom. The zero-order chi connectivity index (χ0) is 27.0. The zero-order valence-electron chi connectivity index (χ0n) is 22.0. The van der Waals surface area contributed by atoms with E-state index in [1.165, 1.54) is 6.92 Å². The maximum absolute atomic E-state index is 13.4. The molecule has 198 valence electrons. The first-order valence-electron chi connectivity index (χ1n) is 13.3. The number of aromatic nitrogens is 3. The second-order valence-corrected chi connectivity index (χ2v) is 9.72. The molecule has 1 aliphatic rings. The molecule has 3 heterocycles. The number of aromatic amines is 1. The lowest BCUT2D eigenvalue weighted by molar-refractivity contribution is -0.118. The number of likely N-dealkylation sites (tertiary alicyclic amines) is 1. The molecule has 0 radical (unpaired) electrons. The largest absolute Gasteiger partial charge is 0.368 e. The van der Waals surface area contributed by atoms with Gasteiger partial charge >= 0.3 is 0 Å². The third-order valence-electron chi connectivity index (χ3n) is 6.84. The van der Waals surface area contributed by atoms with Gasteiger partial charge in [0, 0.05) is 50.7 Å². The van der Waals surface area contributed by atoms with Crippen LogP contribution in [0, 0.1) is 17.8 Å². The van der Waals surface area contributed by atoms with Crippen molar-refractivity contribution in [3.05, 3.63) is 78.0 Å². The van der Waals surface area contributed by atoms with Crippen molar-refractivity contribution in [3.8, 4) is 23.2 Å². The molecule has 2 amide bonds. The Balaban J connectivity index is 1.29. The summed E-state index contributed by atoms with van der Waals surface area (Å²) in [6.45, 7) is 3.85. The van der Waals surface area contributed by atoms with Crippen LogP contribution in [0.3, 0.4) is 0 Å². The maximum Gasteiger partial charge on any atom is 0.270 e. The van der Waals surface area contributed by atoms with Gasteiger partial charge in [-0.1, -0.05) is 60.4 Å². The molecule has 0 aliphatic carbocycles. The Kier molecular flexibility index (Phi) is 8.18. The second kappa shape index (κ2) is 12.3. The van der Waals surface area contributed by atoms with Gasteiger partial charge in [-0.25, -0.2) is 9.97 Å². The zero-order valence-corrected chi connectivity index (χ0v) is 22.0. The predicted octanol–water partition coefficient (Wildman–Crippen LogP) is 4.47. The molecule has 0 spiro atoms. The van der Waals surface area contributed by atoms with Gasteiger partial charge in [-0.05, 0) is 37.0 Å². The monoisotopic (exact) mass is 520 g/mol. The van der Waals surface area contributed by atoms with Crippen molar-refractivity contribution in [2.45, 2.75) is 26.2 Å². The quantitative estimate of drug-likeness (QED) is 0.247. The van der Waals surface area contributed by atoms with E-state index in [1.54, 1.807) is 0 Å². The third kappa shape index (κ3) is 6.63. The molecule has 0 unspecified atom stereocenters. The van der Waals surface area contributed by atoms with Crippen molar-refractivity contribution in [2.75, 3.05) is 31.5 Å². The number of amides is 2. The second-order valence-electron chi connectivity index (χ2n) is 9.72. The van der Waals surface area contributed by atoms with Crippen LogP contribution in [0.4, 0.5) is 5.82 Å². The van der Waals surface area contributed by atoms with Gasteiger partial charge in [0.2, 0.25) is 5.91 Å². The van der Waals surface area contributed by atoms with E-state index in [0.717, 1.165) is 35.8 Å². The molecule has 2 aromatic heterocycles. The molecule has 0 atom stereocenters. The number of fused-ring (bicyclic) bond motifs is 1. The van der Waals surface area contributed by atoms with E-state index in [-0.39, 0.29) is 11.8 Å². The fourth-order valence-electron chi connectivity index (χ4n) is 4.72.